The van der Waals surface area contributed by atoms with Gasteiger partial charge in [0.2, 0.25) is 0 Å². The molecule has 2 N–H and O–H groups in total. The first kappa shape index (κ1) is 10.3. The van der Waals surface area contributed by atoms with E-state index in [1.807, 2.05) is 6.26 Å². The second-order valence-corrected chi connectivity index (χ2v) is 4.80. The summed E-state index contributed by atoms with van der Waals surface area (Å²) in [4.78, 5) is 4.65. The maximum Gasteiger partial charge on any atom is 0.198 e. The summed E-state index contributed by atoms with van der Waals surface area (Å²) in [6.45, 7) is 3.25. The summed E-state index contributed by atoms with van der Waals surface area (Å²) in [5.41, 5.74) is 1.10. The largest absolute Gasteiger partial charge is 0.448 e. The Bertz CT molecular complexity index is 338. The minimum Gasteiger partial charge on any atom is -0.448 e. The van der Waals surface area contributed by atoms with Gasteiger partial charge in [-0.25, -0.2) is 4.98 Å². The molecule has 1 aromatic heterocycles. The summed E-state index contributed by atoms with van der Waals surface area (Å²) in [5, 5.41) is 6.85. The minimum absolute atomic E-state index is 0.425. The van der Waals surface area contributed by atoms with Gasteiger partial charge in [-0.1, -0.05) is 0 Å². The van der Waals surface area contributed by atoms with Crippen molar-refractivity contribution in [2.75, 3.05) is 19.6 Å². The number of hydrogen-bond donors (Lipinski definition) is 2. The van der Waals surface area contributed by atoms with Crippen LogP contribution in [0.4, 0.5) is 0 Å². The maximum absolute atomic E-state index is 5.63. The fourth-order valence-corrected chi connectivity index (χ4v) is 2.65. The van der Waals surface area contributed by atoms with Crippen LogP contribution in [0.1, 0.15) is 49.2 Å². The number of rotatable bonds is 2. The number of oxazole rings is 1. The summed E-state index contributed by atoms with van der Waals surface area (Å²) < 4.78 is 5.63. The summed E-state index contributed by atoms with van der Waals surface area (Å²) in [5.74, 6) is 1.40. The zero-order chi connectivity index (χ0) is 10.8. The van der Waals surface area contributed by atoms with Crippen LogP contribution in [-0.2, 0) is 0 Å². The van der Waals surface area contributed by atoms with Crippen LogP contribution in [0, 0.1) is 0 Å². The van der Waals surface area contributed by atoms with E-state index >= 15 is 0 Å². The van der Waals surface area contributed by atoms with Crippen LogP contribution in [0.3, 0.4) is 0 Å². The first-order valence-corrected chi connectivity index (χ1v) is 6.33. The van der Waals surface area contributed by atoms with Gasteiger partial charge < -0.3 is 15.1 Å². The van der Waals surface area contributed by atoms with Crippen molar-refractivity contribution >= 4 is 0 Å². The molecule has 0 aromatic carbocycles. The van der Waals surface area contributed by atoms with Crippen molar-refractivity contribution in [1.29, 1.82) is 0 Å². The van der Waals surface area contributed by atoms with E-state index in [1.165, 1.54) is 25.7 Å². The predicted molar refractivity (Wildman–Crippen MR) is 61.3 cm³/mol. The average molecular weight is 221 g/mol. The van der Waals surface area contributed by atoms with Crippen LogP contribution in [0.25, 0.3) is 0 Å². The van der Waals surface area contributed by atoms with Gasteiger partial charge in [0, 0.05) is 12.5 Å². The van der Waals surface area contributed by atoms with E-state index in [4.69, 9.17) is 4.42 Å². The quantitative estimate of drug-likeness (QED) is 0.796. The molecule has 4 nitrogen and oxygen atoms in total. The van der Waals surface area contributed by atoms with E-state index in [2.05, 4.69) is 15.6 Å². The predicted octanol–water partition coefficient (Wildman–Crippen LogP) is 1.57. The van der Waals surface area contributed by atoms with Crippen molar-refractivity contribution in [2.45, 2.75) is 37.6 Å². The SMILES string of the molecule is c1oc(C2CCCNC2)nc1C1CCCN1. The monoisotopic (exact) mass is 221 g/mol. The van der Waals surface area contributed by atoms with Gasteiger partial charge in [0.05, 0.1) is 11.7 Å². The fourth-order valence-electron chi connectivity index (χ4n) is 2.65. The van der Waals surface area contributed by atoms with Crippen molar-refractivity contribution < 1.29 is 4.42 Å². The van der Waals surface area contributed by atoms with Crippen LogP contribution >= 0.6 is 0 Å². The summed E-state index contributed by atoms with van der Waals surface area (Å²) in [6.07, 6.45) is 6.70. The first-order valence-electron chi connectivity index (χ1n) is 6.33. The molecule has 0 bridgehead atoms. The van der Waals surface area contributed by atoms with Gasteiger partial charge in [-0.3, -0.25) is 0 Å². The van der Waals surface area contributed by atoms with E-state index in [0.29, 0.717) is 12.0 Å². The molecule has 88 valence electrons. The summed E-state index contributed by atoms with van der Waals surface area (Å²) in [6, 6.07) is 0.425. The lowest BCUT2D eigenvalue weighted by Gasteiger charge is -2.19. The van der Waals surface area contributed by atoms with E-state index < -0.39 is 0 Å². The number of piperidine rings is 1. The Morgan fingerprint density at radius 2 is 2.19 bits per heavy atom. The molecule has 0 saturated carbocycles. The Morgan fingerprint density at radius 3 is 2.94 bits per heavy atom. The third-order valence-corrected chi connectivity index (χ3v) is 3.60. The van der Waals surface area contributed by atoms with Gasteiger partial charge in [-0.05, 0) is 38.8 Å². The molecular weight excluding hydrogens is 202 g/mol. The van der Waals surface area contributed by atoms with Gasteiger partial charge in [0.25, 0.3) is 0 Å². The fraction of sp³-hybridized carbons (Fsp3) is 0.750. The molecule has 2 aliphatic heterocycles. The standard InChI is InChI=1S/C12H19N3O/c1-3-9(7-13-5-1)12-15-11(8-16-12)10-4-2-6-14-10/h8-10,13-14H,1-7H2. The van der Waals surface area contributed by atoms with Crippen LogP contribution in [0.15, 0.2) is 10.7 Å². The highest BCUT2D eigenvalue weighted by atomic mass is 16.3. The molecule has 0 radical (unpaired) electrons. The van der Waals surface area contributed by atoms with Crippen LogP contribution < -0.4 is 10.6 Å². The maximum atomic E-state index is 5.63. The Labute approximate surface area is 95.8 Å². The average Bonchev–Trinajstić information content (AvgIpc) is 3.01. The molecule has 3 rings (SSSR count). The highest BCUT2D eigenvalue weighted by Crippen LogP contribution is 2.27. The second-order valence-electron chi connectivity index (χ2n) is 4.80. The van der Waals surface area contributed by atoms with Crippen molar-refractivity contribution in [2.24, 2.45) is 0 Å². The highest BCUT2D eigenvalue weighted by Gasteiger charge is 2.24. The molecule has 2 saturated heterocycles. The molecule has 0 spiro atoms. The Kier molecular flexibility index (Phi) is 2.93. The molecule has 2 fully saturated rings. The first-order chi connectivity index (χ1) is 7.93. The highest BCUT2D eigenvalue weighted by molar-refractivity contribution is 5.08. The zero-order valence-electron chi connectivity index (χ0n) is 9.54. The van der Waals surface area contributed by atoms with Crippen molar-refractivity contribution in [3.05, 3.63) is 17.8 Å². The number of nitrogens with one attached hydrogen (secondary N) is 2. The molecular formula is C12H19N3O. The van der Waals surface area contributed by atoms with Gasteiger partial charge in [-0.15, -0.1) is 0 Å². The smallest absolute Gasteiger partial charge is 0.198 e. The lowest BCUT2D eigenvalue weighted by Crippen LogP contribution is -2.28. The van der Waals surface area contributed by atoms with E-state index in [1.54, 1.807) is 0 Å². The Balaban J connectivity index is 1.71. The van der Waals surface area contributed by atoms with Gasteiger partial charge in [0.15, 0.2) is 5.89 Å². The molecule has 2 atom stereocenters. The molecule has 4 heteroatoms. The van der Waals surface area contributed by atoms with Crippen LogP contribution in [0.2, 0.25) is 0 Å². The van der Waals surface area contributed by atoms with Gasteiger partial charge >= 0.3 is 0 Å². The number of hydrogen-bond acceptors (Lipinski definition) is 4. The lowest BCUT2D eigenvalue weighted by molar-refractivity contribution is 0.376. The molecule has 2 aliphatic rings. The van der Waals surface area contributed by atoms with Crippen molar-refractivity contribution in [1.82, 2.24) is 15.6 Å². The number of aromatic nitrogens is 1. The minimum atomic E-state index is 0.425. The second kappa shape index (κ2) is 4.55. The van der Waals surface area contributed by atoms with Crippen LogP contribution in [-0.4, -0.2) is 24.6 Å². The van der Waals surface area contributed by atoms with Gasteiger partial charge in [0.1, 0.15) is 6.26 Å². The Morgan fingerprint density at radius 1 is 1.25 bits per heavy atom. The van der Waals surface area contributed by atoms with E-state index in [-0.39, 0.29) is 0 Å². The molecule has 2 unspecified atom stereocenters. The normalized spacial score (nSPS) is 30.8. The van der Waals surface area contributed by atoms with Crippen molar-refractivity contribution in [3.63, 3.8) is 0 Å². The lowest BCUT2D eigenvalue weighted by atomic mass is 10.00. The Hall–Kier alpha value is -0.870. The molecule has 3 heterocycles. The molecule has 0 aliphatic carbocycles. The number of nitrogens with zero attached hydrogens (tertiary/aromatic N) is 1. The molecule has 16 heavy (non-hydrogen) atoms. The third kappa shape index (κ3) is 1.99. The summed E-state index contributed by atoms with van der Waals surface area (Å²) >= 11 is 0. The van der Waals surface area contributed by atoms with Gasteiger partial charge in [-0.2, -0.15) is 0 Å². The van der Waals surface area contributed by atoms with Crippen molar-refractivity contribution in [3.8, 4) is 0 Å². The summed E-state index contributed by atoms with van der Waals surface area (Å²) in [7, 11) is 0. The topological polar surface area (TPSA) is 50.1 Å². The third-order valence-electron chi connectivity index (χ3n) is 3.60. The molecule has 1 aromatic rings. The molecule has 0 amide bonds. The zero-order valence-corrected chi connectivity index (χ0v) is 9.54. The van der Waals surface area contributed by atoms with E-state index in [0.717, 1.165) is 31.2 Å². The van der Waals surface area contributed by atoms with Crippen LogP contribution in [0.5, 0.6) is 0 Å². The van der Waals surface area contributed by atoms with E-state index in [9.17, 15) is 0 Å².